The summed E-state index contributed by atoms with van der Waals surface area (Å²) < 4.78 is 0. The Morgan fingerprint density at radius 3 is 2.77 bits per heavy atom. The van der Waals surface area contributed by atoms with Gasteiger partial charge < -0.3 is 0 Å². The molecule has 0 bridgehead atoms. The fraction of sp³-hybridized carbons (Fsp3) is 0.300. The van der Waals surface area contributed by atoms with Gasteiger partial charge in [0.15, 0.2) is 6.29 Å². The molecular formula is C10H12N2O. The first-order valence-corrected chi connectivity index (χ1v) is 4.27. The van der Waals surface area contributed by atoms with Gasteiger partial charge in [0.1, 0.15) is 5.69 Å². The van der Waals surface area contributed by atoms with Gasteiger partial charge in [0.05, 0.1) is 5.35 Å². The van der Waals surface area contributed by atoms with E-state index in [0.717, 1.165) is 17.0 Å². The minimum atomic E-state index is 0.376. The van der Waals surface area contributed by atoms with Crippen molar-refractivity contribution in [3.8, 4) is 0 Å². The number of aromatic nitrogens is 2. The Morgan fingerprint density at radius 2 is 2.23 bits per heavy atom. The number of carbonyl (C=O) groups is 1. The van der Waals surface area contributed by atoms with Crippen molar-refractivity contribution >= 4 is 18.4 Å². The van der Waals surface area contributed by atoms with Crippen LogP contribution in [0.15, 0.2) is 6.07 Å². The third-order valence-electron chi connectivity index (χ3n) is 1.70. The normalized spacial score (nSPS) is 13.4. The summed E-state index contributed by atoms with van der Waals surface area (Å²) in [7, 11) is 0. The first kappa shape index (κ1) is 9.58. The molecule has 0 atom stereocenters. The topological polar surface area (TPSA) is 42.9 Å². The fourth-order valence-corrected chi connectivity index (χ4v) is 1.07. The van der Waals surface area contributed by atoms with Crippen LogP contribution in [0.25, 0.3) is 12.2 Å². The summed E-state index contributed by atoms with van der Waals surface area (Å²) in [6, 6.07) is 1.74. The Hall–Kier alpha value is -1.51. The van der Waals surface area contributed by atoms with Crippen LogP contribution in [0.5, 0.6) is 0 Å². The van der Waals surface area contributed by atoms with E-state index in [1.54, 1.807) is 6.07 Å². The maximum Gasteiger partial charge on any atom is 0.170 e. The van der Waals surface area contributed by atoms with Gasteiger partial charge in [-0.1, -0.05) is 19.1 Å². The predicted octanol–water partition coefficient (Wildman–Crippen LogP) is 0.280. The van der Waals surface area contributed by atoms with E-state index >= 15 is 0 Å². The number of nitrogens with zero attached hydrogens (tertiary/aromatic N) is 2. The lowest BCUT2D eigenvalue weighted by Gasteiger charge is -1.90. The molecule has 1 heterocycles. The molecule has 0 aliphatic heterocycles. The van der Waals surface area contributed by atoms with Crippen LogP contribution in [0.4, 0.5) is 0 Å². The zero-order valence-corrected chi connectivity index (χ0v) is 7.82. The molecule has 0 radical (unpaired) electrons. The van der Waals surface area contributed by atoms with Crippen molar-refractivity contribution in [1.82, 2.24) is 10.2 Å². The molecule has 0 aliphatic carbocycles. The summed E-state index contributed by atoms with van der Waals surface area (Å²) >= 11 is 0. The highest BCUT2D eigenvalue weighted by Gasteiger charge is 1.92. The van der Waals surface area contributed by atoms with Crippen LogP contribution in [0.1, 0.15) is 30.8 Å². The van der Waals surface area contributed by atoms with E-state index in [9.17, 15) is 4.79 Å². The van der Waals surface area contributed by atoms with Crippen LogP contribution in [-0.2, 0) is 0 Å². The quantitative estimate of drug-likeness (QED) is 0.608. The number of carbonyl (C=O) groups excluding carboxylic acids is 1. The lowest BCUT2D eigenvalue weighted by molar-refractivity contribution is 0.111. The molecule has 68 valence electrons. The molecule has 13 heavy (non-hydrogen) atoms. The van der Waals surface area contributed by atoms with E-state index in [2.05, 4.69) is 10.2 Å². The maximum atomic E-state index is 10.4. The number of hydrogen-bond acceptors (Lipinski definition) is 3. The summed E-state index contributed by atoms with van der Waals surface area (Å²) in [5.74, 6) is 0. The molecule has 3 nitrogen and oxygen atoms in total. The van der Waals surface area contributed by atoms with Gasteiger partial charge in [-0.3, -0.25) is 4.79 Å². The number of hydrogen-bond donors (Lipinski definition) is 0. The number of rotatable bonds is 2. The highest BCUT2D eigenvalue weighted by molar-refractivity contribution is 5.71. The van der Waals surface area contributed by atoms with Crippen LogP contribution in [0.3, 0.4) is 0 Å². The Labute approximate surface area is 76.8 Å². The minimum absolute atomic E-state index is 0.376. The Balaban J connectivity index is 3.42. The molecule has 1 rings (SSSR count). The second-order valence-corrected chi connectivity index (χ2v) is 2.63. The molecule has 0 aliphatic rings. The smallest absolute Gasteiger partial charge is 0.170 e. The van der Waals surface area contributed by atoms with E-state index in [1.165, 1.54) is 0 Å². The van der Waals surface area contributed by atoms with Crippen molar-refractivity contribution in [3.05, 3.63) is 22.3 Å². The van der Waals surface area contributed by atoms with Gasteiger partial charge in [0, 0.05) is 0 Å². The lowest BCUT2D eigenvalue weighted by atomic mass is 10.3. The molecule has 0 fully saturated rings. The standard InChI is InChI=1S/C10H12N2O/c1-3-5-10-8(4-2)6-9(7-13)11-12-10/h4-7H,3H2,1-2H3/b8-4-,10-5+. The van der Waals surface area contributed by atoms with Crippen molar-refractivity contribution in [2.75, 3.05) is 0 Å². The van der Waals surface area contributed by atoms with Crippen LogP contribution >= 0.6 is 0 Å². The zero-order chi connectivity index (χ0) is 9.68. The van der Waals surface area contributed by atoms with E-state index < -0.39 is 0 Å². The average Bonchev–Trinajstić information content (AvgIpc) is 2.19. The zero-order valence-electron chi connectivity index (χ0n) is 7.82. The van der Waals surface area contributed by atoms with Crippen molar-refractivity contribution in [1.29, 1.82) is 0 Å². The second-order valence-electron chi connectivity index (χ2n) is 2.63. The maximum absolute atomic E-state index is 10.4. The summed E-state index contributed by atoms with van der Waals surface area (Å²) in [6.07, 6.45) is 5.52. The van der Waals surface area contributed by atoms with Gasteiger partial charge in [-0.15, -0.1) is 5.10 Å². The largest absolute Gasteiger partial charge is 0.296 e. The molecule has 1 aromatic rings. The van der Waals surface area contributed by atoms with Gasteiger partial charge in [0.25, 0.3) is 0 Å². The summed E-state index contributed by atoms with van der Waals surface area (Å²) in [4.78, 5) is 10.4. The Morgan fingerprint density at radius 1 is 1.46 bits per heavy atom. The van der Waals surface area contributed by atoms with E-state index in [0.29, 0.717) is 12.0 Å². The van der Waals surface area contributed by atoms with Gasteiger partial charge >= 0.3 is 0 Å². The lowest BCUT2D eigenvalue weighted by Crippen LogP contribution is -2.29. The molecule has 0 saturated carbocycles. The first-order chi connectivity index (χ1) is 6.31. The molecule has 1 aromatic heterocycles. The molecule has 0 amide bonds. The molecule has 0 aromatic carbocycles. The van der Waals surface area contributed by atoms with Gasteiger partial charge in [-0.05, 0) is 24.6 Å². The van der Waals surface area contributed by atoms with E-state index in [1.807, 2.05) is 26.0 Å². The van der Waals surface area contributed by atoms with Crippen LogP contribution < -0.4 is 10.6 Å². The molecule has 3 heteroatoms. The third-order valence-corrected chi connectivity index (χ3v) is 1.70. The SMILES string of the molecule is C/C=c1/cc(C=O)nn/c1=C/CC. The van der Waals surface area contributed by atoms with Gasteiger partial charge in [-0.2, -0.15) is 5.10 Å². The van der Waals surface area contributed by atoms with Crippen molar-refractivity contribution in [2.45, 2.75) is 20.3 Å². The van der Waals surface area contributed by atoms with Crippen molar-refractivity contribution in [3.63, 3.8) is 0 Å². The minimum Gasteiger partial charge on any atom is -0.296 e. The van der Waals surface area contributed by atoms with Crippen LogP contribution in [0.2, 0.25) is 0 Å². The van der Waals surface area contributed by atoms with Crippen molar-refractivity contribution < 1.29 is 4.79 Å². The summed E-state index contributed by atoms with van der Waals surface area (Å²) in [5, 5.41) is 9.50. The van der Waals surface area contributed by atoms with Gasteiger partial charge in [0.2, 0.25) is 0 Å². The molecule has 0 spiro atoms. The highest BCUT2D eigenvalue weighted by Crippen LogP contribution is 1.77. The predicted molar refractivity (Wildman–Crippen MR) is 51.6 cm³/mol. The van der Waals surface area contributed by atoms with E-state index in [-0.39, 0.29) is 0 Å². The number of aldehydes is 1. The molecule has 0 saturated heterocycles. The summed E-state index contributed by atoms with van der Waals surface area (Å²) in [5.41, 5.74) is 0.376. The third kappa shape index (κ3) is 2.21. The summed E-state index contributed by atoms with van der Waals surface area (Å²) in [6.45, 7) is 3.95. The second kappa shape index (κ2) is 4.50. The van der Waals surface area contributed by atoms with Gasteiger partial charge in [-0.25, -0.2) is 0 Å². The fourth-order valence-electron chi connectivity index (χ4n) is 1.07. The molecule has 0 N–H and O–H groups in total. The molecule has 0 unspecified atom stereocenters. The Bertz CT molecular complexity index is 409. The Kier molecular flexibility index (Phi) is 3.31. The van der Waals surface area contributed by atoms with E-state index in [4.69, 9.17) is 0 Å². The first-order valence-electron chi connectivity index (χ1n) is 4.27. The van der Waals surface area contributed by atoms with Crippen LogP contribution in [0, 0.1) is 0 Å². The van der Waals surface area contributed by atoms with Crippen molar-refractivity contribution in [2.24, 2.45) is 0 Å². The average molecular weight is 176 g/mol. The van der Waals surface area contributed by atoms with Crippen LogP contribution in [-0.4, -0.2) is 16.5 Å². The monoisotopic (exact) mass is 176 g/mol. The highest BCUT2D eigenvalue weighted by atomic mass is 16.1. The molecular weight excluding hydrogens is 164 g/mol.